The van der Waals surface area contributed by atoms with Crippen LogP contribution in [-0.4, -0.2) is 35.2 Å². The normalized spacial score (nSPS) is 16.9. The number of carbonyl (C=O) groups excluding carboxylic acids is 2. The first-order valence-electron chi connectivity index (χ1n) is 4.84. The second-order valence-electron chi connectivity index (χ2n) is 2.98. The SMILES string of the molecule is C/C=C\C=C/C1=CC(=O)N(OCCO)C1=O. The van der Waals surface area contributed by atoms with Crippen molar-refractivity contribution < 1.29 is 19.5 Å². The van der Waals surface area contributed by atoms with Gasteiger partial charge in [-0.25, -0.2) is 0 Å². The highest BCUT2D eigenvalue weighted by Crippen LogP contribution is 2.14. The Balaban J connectivity index is 2.67. The topological polar surface area (TPSA) is 66.8 Å². The molecule has 1 heterocycles. The largest absolute Gasteiger partial charge is 0.394 e. The molecule has 0 aromatic heterocycles. The van der Waals surface area contributed by atoms with Crippen LogP contribution in [0.1, 0.15) is 6.92 Å². The predicted molar refractivity (Wildman–Crippen MR) is 56.9 cm³/mol. The van der Waals surface area contributed by atoms with Gasteiger partial charge in [0, 0.05) is 11.6 Å². The van der Waals surface area contributed by atoms with Crippen molar-refractivity contribution in [3.63, 3.8) is 0 Å². The van der Waals surface area contributed by atoms with Gasteiger partial charge in [-0.2, -0.15) is 0 Å². The molecule has 2 amide bonds. The minimum atomic E-state index is -0.529. The maximum absolute atomic E-state index is 11.6. The van der Waals surface area contributed by atoms with Gasteiger partial charge in [-0.15, -0.1) is 5.06 Å². The molecule has 0 aromatic rings. The zero-order chi connectivity index (χ0) is 12.0. The smallest absolute Gasteiger partial charge is 0.285 e. The number of imide groups is 1. The van der Waals surface area contributed by atoms with E-state index in [-0.39, 0.29) is 18.8 Å². The van der Waals surface area contributed by atoms with E-state index in [2.05, 4.69) is 0 Å². The molecule has 5 heteroatoms. The number of amides is 2. The van der Waals surface area contributed by atoms with E-state index in [0.29, 0.717) is 5.06 Å². The molecule has 1 aliphatic rings. The van der Waals surface area contributed by atoms with Gasteiger partial charge in [0.2, 0.25) is 0 Å². The minimum Gasteiger partial charge on any atom is -0.394 e. The number of hydrogen-bond donors (Lipinski definition) is 1. The zero-order valence-corrected chi connectivity index (χ0v) is 8.92. The first kappa shape index (κ1) is 12.4. The van der Waals surface area contributed by atoms with Crippen LogP contribution >= 0.6 is 0 Å². The summed E-state index contributed by atoms with van der Waals surface area (Å²) in [6.45, 7) is 1.51. The van der Waals surface area contributed by atoms with Crippen LogP contribution in [0.5, 0.6) is 0 Å². The lowest BCUT2D eigenvalue weighted by Crippen LogP contribution is -2.32. The van der Waals surface area contributed by atoms with E-state index < -0.39 is 11.8 Å². The highest BCUT2D eigenvalue weighted by Gasteiger charge is 2.30. The Kier molecular flexibility index (Phi) is 4.63. The molecule has 1 N–H and O–H groups in total. The third-order valence-corrected chi connectivity index (χ3v) is 1.80. The van der Waals surface area contributed by atoms with E-state index in [9.17, 15) is 9.59 Å². The quantitative estimate of drug-likeness (QED) is 0.539. The van der Waals surface area contributed by atoms with E-state index in [1.54, 1.807) is 18.2 Å². The van der Waals surface area contributed by atoms with Crippen molar-refractivity contribution >= 4 is 11.8 Å². The molecule has 0 saturated heterocycles. The summed E-state index contributed by atoms with van der Waals surface area (Å²) in [7, 11) is 0. The first-order valence-corrected chi connectivity index (χ1v) is 4.84. The summed E-state index contributed by atoms with van der Waals surface area (Å²) < 4.78 is 0. The van der Waals surface area contributed by atoms with Crippen LogP contribution in [0.2, 0.25) is 0 Å². The summed E-state index contributed by atoms with van der Waals surface area (Å²) in [4.78, 5) is 27.7. The third-order valence-electron chi connectivity index (χ3n) is 1.80. The monoisotopic (exact) mass is 223 g/mol. The molecular formula is C11H13NO4. The van der Waals surface area contributed by atoms with Crippen molar-refractivity contribution in [3.05, 3.63) is 36.0 Å². The van der Waals surface area contributed by atoms with Crippen molar-refractivity contribution in [3.8, 4) is 0 Å². The standard InChI is InChI=1S/C11H13NO4/c1-2-3-4-5-9-8-10(14)12(11(9)15)16-7-6-13/h2-5,8,13H,6-7H2,1H3/b3-2-,5-4-. The second kappa shape index (κ2) is 5.99. The minimum absolute atomic E-state index is 0.0861. The molecule has 0 unspecified atom stereocenters. The van der Waals surface area contributed by atoms with Gasteiger partial charge in [0.15, 0.2) is 0 Å². The lowest BCUT2D eigenvalue weighted by atomic mass is 10.2. The average Bonchev–Trinajstić information content (AvgIpc) is 2.53. The number of carbonyl (C=O) groups is 2. The summed E-state index contributed by atoms with van der Waals surface area (Å²) in [5, 5.41) is 9.17. The molecule has 1 rings (SSSR count). The molecule has 0 aromatic carbocycles. The average molecular weight is 223 g/mol. The summed E-state index contributed by atoms with van der Waals surface area (Å²) in [5.41, 5.74) is 0.265. The van der Waals surface area contributed by atoms with Crippen molar-refractivity contribution in [1.29, 1.82) is 0 Å². The van der Waals surface area contributed by atoms with Crippen LogP contribution in [0.4, 0.5) is 0 Å². The summed E-state index contributed by atoms with van der Waals surface area (Å²) in [6, 6.07) is 0. The van der Waals surface area contributed by atoms with Crippen LogP contribution in [0.3, 0.4) is 0 Å². The zero-order valence-electron chi connectivity index (χ0n) is 8.92. The van der Waals surface area contributed by atoms with Crippen molar-refractivity contribution in [1.82, 2.24) is 5.06 Å². The summed E-state index contributed by atoms with van der Waals surface area (Å²) in [5.74, 6) is -1.04. The van der Waals surface area contributed by atoms with Crippen LogP contribution in [0, 0.1) is 0 Å². The fraction of sp³-hybridized carbons (Fsp3) is 0.273. The molecule has 0 saturated carbocycles. The summed E-state index contributed by atoms with van der Waals surface area (Å²) >= 11 is 0. The molecule has 0 spiro atoms. The highest BCUT2D eigenvalue weighted by molar-refractivity contribution is 6.16. The van der Waals surface area contributed by atoms with Gasteiger partial charge in [-0.05, 0) is 13.0 Å². The molecule has 0 fully saturated rings. The Morgan fingerprint density at radius 3 is 2.81 bits per heavy atom. The Morgan fingerprint density at radius 2 is 2.19 bits per heavy atom. The number of rotatable bonds is 5. The Hall–Kier alpha value is -1.72. The second-order valence-corrected chi connectivity index (χ2v) is 2.98. The molecule has 0 aliphatic carbocycles. The van der Waals surface area contributed by atoms with Gasteiger partial charge in [0.25, 0.3) is 11.8 Å². The molecule has 0 radical (unpaired) electrons. The van der Waals surface area contributed by atoms with Gasteiger partial charge in [-0.1, -0.05) is 18.2 Å². The van der Waals surface area contributed by atoms with Crippen molar-refractivity contribution in [2.45, 2.75) is 6.92 Å². The van der Waals surface area contributed by atoms with Crippen LogP contribution in [-0.2, 0) is 14.4 Å². The molecule has 1 aliphatic heterocycles. The van der Waals surface area contributed by atoms with Gasteiger partial charge in [-0.3, -0.25) is 14.4 Å². The van der Waals surface area contributed by atoms with E-state index >= 15 is 0 Å². The molecule has 86 valence electrons. The molecule has 0 bridgehead atoms. The number of hydrogen-bond acceptors (Lipinski definition) is 4. The van der Waals surface area contributed by atoms with Crippen LogP contribution in [0.15, 0.2) is 36.0 Å². The maximum atomic E-state index is 11.6. The Labute approximate surface area is 93.3 Å². The van der Waals surface area contributed by atoms with E-state index in [0.717, 1.165) is 0 Å². The fourth-order valence-electron chi connectivity index (χ4n) is 1.11. The van der Waals surface area contributed by atoms with Crippen LogP contribution < -0.4 is 0 Å². The van der Waals surface area contributed by atoms with Crippen LogP contribution in [0.25, 0.3) is 0 Å². The number of aliphatic hydroxyl groups excluding tert-OH is 1. The van der Waals surface area contributed by atoms with E-state index in [4.69, 9.17) is 9.94 Å². The maximum Gasteiger partial charge on any atom is 0.285 e. The first-order chi connectivity index (χ1) is 7.70. The lowest BCUT2D eigenvalue weighted by molar-refractivity contribution is -0.187. The van der Waals surface area contributed by atoms with E-state index in [1.807, 2.05) is 6.92 Å². The van der Waals surface area contributed by atoms with E-state index in [1.165, 1.54) is 12.2 Å². The van der Waals surface area contributed by atoms with Gasteiger partial charge in [0.1, 0.15) is 0 Å². The number of hydroxylamine groups is 2. The van der Waals surface area contributed by atoms with Gasteiger partial charge >= 0.3 is 0 Å². The van der Waals surface area contributed by atoms with Crippen molar-refractivity contribution in [2.24, 2.45) is 0 Å². The highest BCUT2D eigenvalue weighted by atomic mass is 16.7. The molecule has 0 atom stereocenters. The number of nitrogens with zero attached hydrogens (tertiary/aromatic N) is 1. The summed E-state index contributed by atoms with van der Waals surface area (Å²) in [6.07, 6.45) is 7.93. The Morgan fingerprint density at radius 1 is 1.44 bits per heavy atom. The van der Waals surface area contributed by atoms with Gasteiger partial charge < -0.3 is 5.11 Å². The number of aliphatic hydroxyl groups is 1. The van der Waals surface area contributed by atoms with Crippen molar-refractivity contribution in [2.75, 3.05) is 13.2 Å². The predicted octanol–water partition coefficient (Wildman–Crippen LogP) is 0.338. The van der Waals surface area contributed by atoms with Gasteiger partial charge in [0.05, 0.1) is 13.2 Å². The Bertz CT molecular complexity index is 368. The molecule has 5 nitrogen and oxygen atoms in total. The third kappa shape index (κ3) is 2.88. The molecule has 16 heavy (non-hydrogen) atoms. The molecular weight excluding hydrogens is 210 g/mol. The lowest BCUT2D eigenvalue weighted by Gasteiger charge is -2.12. The number of allylic oxidation sites excluding steroid dienone is 3. The fourth-order valence-corrected chi connectivity index (χ4v) is 1.11.